The first-order valence-corrected chi connectivity index (χ1v) is 8.73. The zero-order valence-corrected chi connectivity index (χ0v) is 15.1. The van der Waals surface area contributed by atoms with Crippen molar-refractivity contribution in [3.8, 4) is 5.75 Å². The predicted molar refractivity (Wildman–Crippen MR) is 96.4 cm³/mol. The van der Waals surface area contributed by atoms with Crippen LogP contribution in [0.4, 0.5) is 0 Å². The summed E-state index contributed by atoms with van der Waals surface area (Å²) in [7, 11) is 0. The summed E-state index contributed by atoms with van der Waals surface area (Å²) in [5.41, 5.74) is 0. The molecule has 7 heteroatoms. The molecule has 0 aliphatic heterocycles. The van der Waals surface area contributed by atoms with E-state index in [1.165, 1.54) is 0 Å². The Balaban J connectivity index is 1.42. The number of carbonyl (C=O) groups is 1. The summed E-state index contributed by atoms with van der Waals surface area (Å²) < 4.78 is 14.0. The average molecular weight is 404 g/mol. The second kappa shape index (κ2) is 8.53. The van der Waals surface area contributed by atoms with Crippen molar-refractivity contribution < 1.29 is 13.9 Å². The summed E-state index contributed by atoms with van der Waals surface area (Å²) in [6, 6.07) is 12.8. The second-order valence-corrected chi connectivity index (χ2v) is 6.30. The third-order valence-electron chi connectivity index (χ3n) is 3.49. The van der Waals surface area contributed by atoms with Gasteiger partial charge in [-0.1, -0.05) is 15.9 Å². The summed E-state index contributed by atoms with van der Waals surface area (Å²) in [5.74, 6) is 1.40. The zero-order valence-electron chi connectivity index (χ0n) is 13.5. The number of aromatic nitrogens is 2. The molecule has 3 rings (SSSR count). The lowest BCUT2D eigenvalue weighted by atomic mass is 10.3. The molecule has 3 aromatic rings. The molecule has 130 valence electrons. The van der Waals surface area contributed by atoms with Crippen LogP contribution in [0.3, 0.4) is 0 Å². The molecule has 0 radical (unpaired) electrons. The van der Waals surface area contributed by atoms with Gasteiger partial charge in [-0.25, -0.2) is 0 Å². The molecule has 1 amide bonds. The molecule has 0 saturated heterocycles. The Bertz CT molecular complexity index is 797. The monoisotopic (exact) mass is 403 g/mol. The van der Waals surface area contributed by atoms with Gasteiger partial charge in [0.05, 0.1) is 0 Å². The maximum atomic E-state index is 12.1. The Kier molecular flexibility index (Phi) is 5.90. The van der Waals surface area contributed by atoms with Crippen LogP contribution in [0.25, 0.3) is 0 Å². The number of hydrogen-bond donors (Lipinski definition) is 1. The summed E-state index contributed by atoms with van der Waals surface area (Å²) in [6.07, 6.45) is 4.43. The minimum absolute atomic E-state index is 0.227. The molecule has 2 heterocycles. The van der Waals surface area contributed by atoms with Gasteiger partial charge in [0.15, 0.2) is 5.76 Å². The van der Waals surface area contributed by atoms with Crippen molar-refractivity contribution >= 4 is 21.8 Å². The molecule has 0 unspecified atom stereocenters. The molecular formula is C18H18BrN3O3. The van der Waals surface area contributed by atoms with E-state index in [0.29, 0.717) is 12.3 Å². The highest BCUT2D eigenvalue weighted by Gasteiger charge is 2.11. The van der Waals surface area contributed by atoms with Crippen LogP contribution >= 0.6 is 15.9 Å². The molecule has 0 spiro atoms. The van der Waals surface area contributed by atoms with E-state index in [0.717, 1.165) is 23.2 Å². The molecule has 0 saturated carbocycles. The molecule has 2 aromatic heterocycles. The number of ether oxygens (including phenoxy) is 1. The summed E-state index contributed by atoms with van der Waals surface area (Å²) in [6.45, 7) is 1.59. The van der Waals surface area contributed by atoms with Crippen molar-refractivity contribution in [1.82, 2.24) is 15.1 Å². The lowest BCUT2D eigenvalue weighted by Crippen LogP contribution is -2.24. The van der Waals surface area contributed by atoms with Crippen molar-refractivity contribution in [2.24, 2.45) is 0 Å². The molecule has 25 heavy (non-hydrogen) atoms. The van der Waals surface area contributed by atoms with Crippen LogP contribution in [0, 0.1) is 0 Å². The van der Waals surface area contributed by atoms with Crippen LogP contribution in [0.5, 0.6) is 5.75 Å². The van der Waals surface area contributed by atoms with E-state index in [4.69, 9.17) is 9.15 Å². The number of furan rings is 1. The third kappa shape index (κ3) is 5.22. The predicted octanol–water partition coefficient (Wildman–Crippen LogP) is 3.64. The van der Waals surface area contributed by atoms with Gasteiger partial charge < -0.3 is 14.5 Å². The number of nitrogens with zero attached hydrogens (tertiary/aromatic N) is 2. The standard InChI is InChI=1S/C18H18BrN3O3/c19-14-3-5-15(6-4-14)24-13-16-7-8-17(25-16)18(23)20-9-1-11-22-12-2-10-21-22/h2-8,10,12H,1,9,11,13H2,(H,20,23). The molecular weight excluding hydrogens is 386 g/mol. The highest BCUT2D eigenvalue weighted by molar-refractivity contribution is 9.10. The molecule has 0 atom stereocenters. The number of benzene rings is 1. The minimum Gasteiger partial charge on any atom is -0.486 e. The van der Waals surface area contributed by atoms with Gasteiger partial charge >= 0.3 is 0 Å². The zero-order chi connectivity index (χ0) is 17.5. The van der Waals surface area contributed by atoms with Gasteiger partial charge in [-0.3, -0.25) is 9.48 Å². The van der Waals surface area contributed by atoms with Crippen LogP contribution < -0.4 is 10.1 Å². The van der Waals surface area contributed by atoms with Crippen LogP contribution in [-0.2, 0) is 13.2 Å². The highest BCUT2D eigenvalue weighted by atomic mass is 79.9. The molecule has 0 aliphatic rings. The first-order chi connectivity index (χ1) is 12.2. The second-order valence-electron chi connectivity index (χ2n) is 5.39. The number of aryl methyl sites for hydroxylation is 1. The van der Waals surface area contributed by atoms with Crippen molar-refractivity contribution in [2.75, 3.05) is 6.54 Å². The summed E-state index contributed by atoms with van der Waals surface area (Å²) in [4.78, 5) is 12.1. The number of halogens is 1. The first kappa shape index (κ1) is 17.3. The van der Waals surface area contributed by atoms with E-state index in [1.54, 1.807) is 18.3 Å². The Morgan fingerprint density at radius 1 is 1.24 bits per heavy atom. The van der Waals surface area contributed by atoms with Gasteiger partial charge in [0, 0.05) is 30.0 Å². The van der Waals surface area contributed by atoms with Crippen LogP contribution in [-0.4, -0.2) is 22.2 Å². The highest BCUT2D eigenvalue weighted by Crippen LogP contribution is 2.18. The van der Waals surface area contributed by atoms with Crippen molar-refractivity contribution in [3.05, 3.63) is 70.9 Å². The van der Waals surface area contributed by atoms with Gasteiger partial charge in [0.1, 0.15) is 18.1 Å². The van der Waals surface area contributed by atoms with Crippen molar-refractivity contribution in [1.29, 1.82) is 0 Å². The van der Waals surface area contributed by atoms with Gasteiger partial charge in [0.2, 0.25) is 0 Å². The normalized spacial score (nSPS) is 10.6. The van der Waals surface area contributed by atoms with Crippen molar-refractivity contribution in [2.45, 2.75) is 19.6 Å². The van der Waals surface area contributed by atoms with E-state index in [2.05, 4.69) is 26.3 Å². The lowest BCUT2D eigenvalue weighted by Gasteiger charge is -2.05. The molecule has 1 aromatic carbocycles. The topological polar surface area (TPSA) is 69.3 Å². The molecule has 0 aliphatic carbocycles. The number of hydrogen-bond acceptors (Lipinski definition) is 4. The Morgan fingerprint density at radius 3 is 2.84 bits per heavy atom. The van der Waals surface area contributed by atoms with Gasteiger partial charge in [-0.15, -0.1) is 0 Å². The largest absolute Gasteiger partial charge is 0.486 e. The van der Waals surface area contributed by atoms with E-state index >= 15 is 0 Å². The Labute approximate surface area is 153 Å². The molecule has 0 fully saturated rings. The van der Waals surface area contributed by atoms with Gasteiger partial charge in [0.25, 0.3) is 5.91 Å². The number of rotatable bonds is 8. The Morgan fingerprint density at radius 2 is 2.08 bits per heavy atom. The number of nitrogens with one attached hydrogen (secondary N) is 1. The molecule has 0 bridgehead atoms. The van der Waals surface area contributed by atoms with E-state index < -0.39 is 0 Å². The van der Waals surface area contributed by atoms with Crippen LogP contribution in [0.1, 0.15) is 22.7 Å². The quantitative estimate of drug-likeness (QED) is 0.582. The Hall–Kier alpha value is -2.54. The lowest BCUT2D eigenvalue weighted by molar-refractivity contribution is 0.0921. The number of carbonyl (C=O) groups excluding carboxylic acids is 1. The SMILES string of the molecule is O=C(NCCCn1cccn1)c1ccc(COc2ccc(Br)cc2)o1. The maximum absolute atomic E-state index is 12.1. The summed E-state index contributed by atoms with van der Waals surface area (Å²) in [5, 5.41) is 6.95. The van der Waals surface area contributed by atoms with E-state index in [1.807, 2.05) is 41.2 Å². The fourth-order valence-corrected chi connectivity index (χ4v) is 2.49. The number of amides is 1. The average Bonchev–Trinajstić information content (AvgIpc) is 3.30. The van der Waals surface area contributed by atoms with E-state index in [9.17, 15) is 4.79 Å². The smallest absolute Gasteiger partial charge is 0.286 e. The fraction of sp³-hybridized carbons (Fsp3) is 0.222. The van der Waals surface area contributed by atoms with Crippen LogP contribution in [0.2, 0.25) is 0 Å². The van der Waals surface area contributed by atoms with Crippen molar-refractivity contribution in [3.63, 3.8) is 0 Å². The van der Waals surface area contributed by atoms with Gasteiger partial charge in [-0.05, 0) is 48.9 Å². The molecule has 6 nitrogen and oxygen atoms in total. The molecule has 1 N–H and O–H groups in total. The van der Waals surface area contributed by atoms with Crippen LogP contribution in [0.15, 0.2) is 63.7 Å². The fourth-order valence-electron chi connectivity index (χ4n) is 2.23. The summed E-state index contributed by atoms with van der Waals surface area (Å²) >= 11 is 3.37. The van der Waals surface area contributed by atoms with E-state index in [-0.39, 0.29) is 18.3 Å². The minimum atomic E-state index is -0.227. The maximum Gasteiger partial charge on any atom is 0.286 e. The first-order valence-electron chi connectivity index (χ1n) is 7.93. The van der Waals surface area contributed by atoms with Gasteiger partial charge in [-0.2, -0.15) is 5.10 Å². The third-order valence-corrected chi connectivity index (χ3v) is 4.02.